The molecule has 0 aliphatic rings. The molecule has 5 heteroatoms. The minimum absolute atomic E-state index is 0.0491. The maximum absolute atomic E-state index is 11.9. The van der Waals surface area contributed by atoms with Crippen molar-refractivity contribution in [3.8, 4) is 11.8 Å². The molecular formula is C16H23N3O2. The molecule has 1 aromatic heterocycles. The Hall–Kier alpha value is -1.90. The molecule has 0 aliphatic carbocycles. The summed E-state index contributed by atoms with van der Waals surface area (Å²) < 4.78 is 0. The van der Waals surface area contributed by atoms with Crippen molar-refractivity contribution in [3.63, 3.8) is 0 Å². The van der Waals surface area contributed by atoms with Crippen LogP contribution in [0, 0.1) is 11.8 Å². The van der Waals surface area contributed by atoms with E-state index >= 15 is 0 Å². The number of carbonyl (C=O) groups is 1. The number of aromatic nitrogens is 1. The van der Waals surface area contributed by atoms with Crippen molar-refractivity contribution in [2.75, 3.05) is 32.8 Å². The Labute approximate surface area is 126 Å². The molecule has 0 saturated heterocycles. The molecule has 1 rings (SSSR count). The number of carbonyl (C=O) groups excluding carboxylic acids is 1. The predicted octanol–water partition coefficient (Wildman–Crippen LogP) is 0.887. The van der Waals surface area contributed by atoms with Crippen LogP contribution < -0.4 is 5.32 Å². The second kappa shape index (κ2) is 9.92. The summed E-state index contributed by atoms with van der Waals surface area (Å²) in [4.78, 5) is 18.3. The topological polar surface area (TPSA) is 65.5 Å². The molecule has 0 aromatic carbocycles. The average molecular weight is 289 g/mol. The normalized spacial score (nSPS) is 10.1. The number of hydrogen-bond donors (Lipinski definition) is 2. The third-order valence-corrected chi connectivity index (χ3v) is 3.07. The smallest absolute Gasteiger partial charge is 0.269 e. The molecule has 21 heavy (non-hydrogen) atoms. The monoisotopic (exact) mass is 289 g/mol. The highest BCUT2D eigenvalue weighted by Crippen LogP contribution is 1.99. The van der Waals surface area contributed by atoms with Crippen LogP contribution >= 0.6 is 0 Å². The van der Waals surface area contributed by atoms with Crippen molar-refractivity contribution in [1.82, 2.24) is 15.2 Å². The van der Waals surface area contributed by atoms with Gasteiger partial charge in [-0.25, -0.2) is 4.98 Å². The van der Waals surface area contributed by atoms with Crippen LogP contribution in [0.15, 0.2) is 18.3 Å². The summed E-state index contributed by atoms with van der Waals surface area (Å²) in [5.74, 6) is 5.52. The van der Waals surface area contributed by atoms with Gasteiger partial charge < -0.3 is 15.3 Å². The molecule has 1 heterocycles. The zero-order chi connectivity index (χ0) is 15.5. The van der Waals surface area contributed by atoms with Crippen molar-refractivity contribution < 1.29 is 9.90 Å². The van der Waals surface area contributed by atoms with Crippen molar-refractivity contribution in [2.24, 2.45) is 0 Å². The zero-order valence-electron chi connectivity index (χ0n) is 12.7. The van der Waals surface area contributed by atoms with Crippen LogP contribution in [0.5, 0.6) is 0 Å². The number of rotatable bonds is 7. The van der Waals surface area contributed by atoms with E-state index in [0.29, 0.717) is 18.7 Å². The molecule has 1 amide bonds. The van der Waals surface area contributed by atoms with Crippen molar-refractivity contribution >= 4 is 5.91 Å². The summed E-state index contributed by atoms with van der Waals surface area (Å²) in [6.45, 7) is 7.65. The molecule has 0 spiro atoms. The van der Waals surface area contributed by atoms with Crippen molar-refractivity contribution in [3.05, 3.63) is 29.6 Å². The van der Waals surface area contributed by atoms with Crippen LogP contribution in [0.2, 0.25) is 0 Å². The molecule has 5 nitrogen and oxygen atoms in total. The minimum Gasteiger partial charge on any atom is -0.395 e. The highest BCUT2D eigenvalue weighted by Gasteiger charge is 2.06. The largest absolute Gasteiger partial charge is 0.395 e. The Morgan fingerprint density at radius 3 is 2.71 bits per heavy atom. The van der Waals surface area contributed by atoms with E-state index in [1.807, 2.05) is 0 Å². The molecule has 0 aliphatic heterocycles. The van der Waals surface area contributed by atoms with Gasteiger partial charge >= 0.3 is 0 Å². The molecule has 0 radical (unpaired) electrons. The first-order chi connectivity index (χ1) is 10.2. The first-order valence-corrected chi connectivity index (χ1v) is 7.27. The van der Waals surface area contributed by atoms with E-state index in [4.69, 9.17) is 5.11 Å². The zero-order valence-corrected chi connectivity index (χ0v) is 12.7. The van der Waals surface area contributed by atoms with Gasteiger partial charge in [0.25, 0.3) is 5.91 Å². The van der Waals surface area contributed by atoms with Crippen LogP contribution in [0.25, 0.3) is 0 Å². The van der Waals surface area contributed by atoms with Gasteiger partial charge in [-0.3, -0.25) is 4.79 Å². The van der Waals surface area contributed by atoms with Gasteiger partial charge in [-0.2, -0.15) is 0 Å². The lowest BCUT2D eigenvalue weighted by Gasteiger charge is -2.17. The van der Waals surface area contributed by atoms with Gasteiger partial charge in [0.05, 0.1) is 6.61 Å². The number of nitrogens with zero attached hydrogens (tertiary/aromatic N) is 2. The number of pyridine rings is 1. The van der Waals surface area contributed by atoms with Crippen molar-refractivity contribution in [2.45, 2.75) is 20.3 Å². The highest BCUT2D eigenvalue weighted by atomic mass is 16.2. The summed E-state index contributed by atoms with van der Waals surface area (Å²) in [6, 6.07) is 3.42. The summed E-state index contributed by atoms with van der Waals surface area (Å²) in [7, 11) is 0. The third-order valence-electron chi connectivity index (χ3n) is 3.07. The second-order valence-electron chi connectivity index (χ2n) is 4.49. The van der Waals surface area contributed by atoms with E-state index in [1.54, 1.807) is 18.3 Å². The third kappa shape index (κ3) is 6.39. The summed E-state index contributed by atoms with van der Waals surface area (Å²) in [5.41, 5.74) is 1.13. The Morgan fingerprint density at radius 2 is 2.14 bits per heavy atom. The first-order valence-electron chi connectivity index (χ1n) is 7.27. The molecule has 0 unspecified atom stereocenters. The lowest BCUT2D eigenvalue weighted by molar-refractivity contribution is 0.0944. The maximum atomic E-state index is 11.9. The van der Waals surface area contributed by atoms with E-state index in [9.17, 15) is 4.79 Å². The van der Waals surface area contributed by atoms with Gasteiger partial charge in [-0.15, -0.1) is 0 Å². The van der Waals surface area contributed by atoms with E-state index in [0.717, 1.165) is 25.2 Å². The minimum atomic E-state index is -0.169. The van der Waals surface area contributed by atoms with Crippen LogP contribution in [0.4, 0.5) is 0 Å². The van der Waals surface area contributed by atoms with Crippen LogP contribution in [-0.2, 0) is 0 Å². The molecule has 114 valence electrons. The van der Waals surface area contributed by atoms with Gasteiger partial charge in [0.15, 0.2) is 0 Å². The summed E-state index contributed by atoms with van der Waals surface area (Å²) in [6.07, 6.45) is 2.01. The number of aliphatic hydroxyl groups excluding tert-OH is 1. The highest BCUT2D eigenvalue weighted by molar-refractivity contribution is 5.92. The number of hydrogen-bond acceptors (Lipinski definition) is 4. The Kier molecular flexibility index (Phi) is 8.10. The average Bonchev–Trinajstić information content (AvgIpc) is 2.52. The molecule has 1 aromatic rings. The van der Waals surface area contributed by atoms with E-state index < -0.39 is 0 Å². The summed E-state index contributed by atoms with van der Waals surface area (Å²) >= 11 is 0. The standard InChI is InChI=1S/C16H23N3O2/c1-3-19(4-2)11-10-17-16(21)15-9-8-14(13-18-15)7-5-6-12-20/h8-9,13,20H,3-4,6,10-12H2,1-2H3,(H,17,21). The Balaban J connectivity index is 2.46. The van der Waals surface area contributed by atoms with Gasteiger partial charge in [0.1, 0.15) is 5.69 Å². The van der Waals surface area contributed by atoms with Crippen molar-refractivity contribution in [1.29, 1.82) is 0 Å². The molecule has 2 N–H and O–H groups in total. The Bertz CT molecular complexity index is 484. The Morgan fingerprint density at radius 1 is 1.38 bits per heavy atom. The number of likely N-dealkylation sites (N-methyl/N-ethyl adjacent to an activating group) is 1. The fourth-order valence-corrected chi connectivity index (χ4v) is 1.78. The van der Waals surface area contributed by atoms with Crippen LogP contribution in [0.3, 0.4) is 0 Å². The van der Waals surface area contributed by atoms with Gasteiger partial charge in [-0.05, 0) is 25.2 Å². The number of nitrogens with one attached hydrogen (secondary N) is 1. The molecule has 0 fully saturated rings. The molecular weight excluding hydrogens is 266 g/mol. The van der Waals surface area contributed by atoms with E-state index in [1.165, 1.54) is 0 Å². The second-order valence-corrected chi connectivity index (χ2v) is 4.49. The fraction of sp³-hybridized carbons (Fsp3) is 0.500. The number of amides is 1. The summed E-state index contributed by atoms with van der Waals surface area (Å²) in [5, 5.41) is 11.5. The molecule has 0 saturated carbocycles. The lowest BCUT2D eigenvalue weighted by Crippen LogP contribution is -2.35. The van der Waals surface area contributed by atoms with E-state index in [2.05, 4.69) is 40.9 Å². The first kappa shape index (κ1) is 17.2. The van der Waals surface area contributed by atoms with Crippen LogP contribution in [-0.4, -0.2) is 53.7 Å². The van der Waals surface area contributed by atoms with Crippen LogP contribution in [0.1, 0.15) is 36.3 Å². The van der Waals surface area contributed by atoms with Gasteiger partial charge in [0, 0.05) is 31.3 Å². The lowest BCUT2D eigenvalue weighted by atomic mass is 10.2. The SMILES string of the molecule is CCN(CC)CCNC(=O)c1ccc(C#CCCO)cn1. The number of aliphatic hydroxyl groups is 1. The van der Waals surface area contributed by atoms with Gasteiger partial charge in [0.2, 0.25) is 0 Å². The van der Waals surface area contributed by atoms with E-state index in [-0.39, 0.29) is 12.5 Å². The molecule has 0 atom stereocenters. The quantitative estimate of drug-likeness (QED) is 0.732. The predicted molar refractivity (Wildman–Crippen MR) is 82.9 cm³/mol. The van der Waals surface area contributed by atoms with Gasteiger partial charge in [-0.1, -0.05) is 25.7 Å². The maximum Gasteiger partial charge on any atom is 0.269 e. The molecule has 0 bridgehead atoms. The fourth-order valence-electron chi connectivity index (χ4n) is 1.78.